The van der Waals surface area contributed by atoms with Crippen molar-refractivity contribution in [1.29, 1.82) is 0 Å². The third kappa shape index (κ3) is 4.39. The lowest BCUT2D eigenvalue weighted by Crippen LogP contribution is -2.18. The second-order valence-corrected chi connectivity index (χ2v) is 8.20. The standard InChI is InChI=1S/C26H23N5O/c1-17-13-20(5-8-24(17)32-21-6-3-18(2)28-15-21)31-25-22-14-19(9-10-26(27)11-12-26)4-7-23(22)29-16-30-25/h3-8,13-16H,11-12,27H2,1-2H3,(H,29,30,31). The molecule has 1 saturated carbocycles. The first-order valence-corrected chi connectivity index (χ1v) is 10.5. The quantitative estimate of drug-likeness (QED) is 0.450. The smallest absolute Gasteiger partial charge is 0.145 e. The van der Waals surface area contributed by atoms with Gasteiger partial charge >= 0.3 is 0 Å². The number of hydrogen-bond donors (Lipinski definition) is 2. The van der Waals surface area contributed by atoms with Gasteiger partial charge in [0, 0.05) is 22.3 Å². The summed E-state index contributed by atoms with van der Waals surface area (Å²) in [6.45, 7) is 3.96. The van der Waals surface area contributed by atoms with Crippen LogP contribution in [0.15, 0.2) is 61.1 Å². The highest BCUT2D eigenvalue weighted by Gasteiger charge is 2.36. The molecule has 2 aromatic carbocycles. The van der Waals surface area contributed by atoms with Crippen molar-refractivity contribution in [3.63, 3.8) is 0 Å². The Morgan fingerprint density at radius 2 is 1.88 bits per heavy atom. The summed E-state index contributed by atoms with van der Waals surface area (Å²) in [4.78, 5) is 13.1. The Morgan fingerprint density at radius 3 is 2.62 bits per heavy atom. The lowest BCUT2D eigenvalue weighted by molar-refractivity contribution is 0.476. The van der Waals surface area contributed by atoms with Crippen LogP contribution in [-0.4, -0.2) is 20.5 Å². The number of nitrogens with two attached hydrogens (primary N) is 1. The van der Waals surface area contributed by atoms with Crippen molar-refractivity contribution in [2.75, 3.05) is 5.32 Å². The number of ether oxygens (including phenoxy) is 1. The molecule has 158 valence electrons. The molecule has 0 atom stereocenters. The molecule has 4 aromatic rings. The summed E-state index contributed by atoms with van der Waals surface area (Å²) in [6.07, 6.45) is 5.21. The average Bonchev–Trinajstić information content (AvgIpc) is 3.53. The zero-order valence-electron chi connectivity index (χ0n) is 18.0. The zero-order chi connectivity index (χ0) is 22.1. The first kappa shape index (κ1) is 20.0. The average molecular weight is 422 g/mol. The highest BCUT2D eigenvalue weighted by Crippen LogP contribution is 2.32. The maximum absolute atomic E-state index is 6.10. The van der Waals surface area contributed by atoms with E-state index in [-0.39, 0.29) is 5.54 Å². The molecule has 0 spiro atoms. The van der Waals surface area contributed by atoms with Crippen LogP contribution in [0.1, 0.15) is 29.7 Å². The van der Waals surface area contributed by atoms with Gasteiger partial charge in [-0.1, -0.05) is 11.8 Å². The zero-order valence-corrected chi connectivity index (χ0v) is 18.0. The molecule has 2 heterocycles. The van der Waals surface area contributed by atoms with E-state index in [9.17, 15) is 0 Å². The predicted octanol–water partition coefficient (Wildman–Crippen LogP) is 5.02. The van der Waals surface area contributed by atoms with E-state index < -0.39 is 0 Å². The summed E-state index contributed by atoms with van der Waals surface area (Å²) in [5, 5.41) is 4.31. The van der Waals surface area contributed by atoms with Gasteiger partial charge in [0.05, 0.1) is 17.3 Å². The lowest BCUT2D eigenvalue weighted by Gasteiger charge is -2.12. The highest BCUT2D eigenvalue weighted by molar-refractivity contribution is 5.91. The fraction of sp³-hybridized carbons (Fsp3) is 0.192. The molecule has 0 bridgehead atoms. The van der Waals surface area contributed by atoms with Crippen LogP contribution in [0.4, 0.5) is 11.5 Å². The molecule has 6 nitrogen and oxygen atoms in total. The Bertz CT molecular complexity index is 1360. The van der Waals surface area contributed by atoms with Crippen LogP contribution >= 0.6 is 0 Å². The van der Waals surface area contributed by atoms with Crippen LogP contribution in [0.25, 0.3) is 10.9 Å². The summed E-state index contributed by atoms with van der Waals surface area (Å²) in [5.74, 6) is 8.58. The third-order valence-corrected chi connectivity index (χ3v) is 5.43. The fourth-order valence-corrected chi connectivity index (χ4v) is 3.31. The van der Waals surface area contributed by atoms with E-state index in [0.717, 1.165) is 57.8 Å². The van der Waals surface area contributed by atoms with Crippen LogP contribution < -0.4 is 15.8 Å². The summed E-state index contributed by atoms with van der Waals surface area (Å²) in [7, 11) is 0. The minimum Gasteiger partial charge on any atom is -0.455 e. The van der Waals surface area contributed by atoms with E-state index in [4.69, 9.17) is 10.5 Å². The summed E-state index contributed by atoms with van der Waals surface area (Å²) in [6, 6.07) is 15.7. The number of aromatic nitrogens is 3. The molecule has 0 aliphatic heterocycles. The normalized spacial score (nSPS) is 13.8. The van der Waals surface area contributed by atoms with E-state index in [1.807, 2.05) is 62.4 Å². The minimum absolute atomic E-state index is 0.306. The van der Waals surface area contributed by atoms with Gasteiger partial charge < -0.3 is 15.8 Å². The summed E-state index contributed by atoms with van der Waals surface area (Å²) in [5.41, 5.74) is 10.4. The number of benzene rings is 2. The third-order valence-electron chi connectivity index (χ3n) is 5.43. The molecule has 1 fully saturated rings. The minimum atomic E-state index is -0.306. The number of nitrogens with zero attached hydrogens (tertiary/aromatic N) is 3. The van der Waals surface area contributed by atoms with Crippen LogP contribution in [0.2, 0.25) is 0 Å². The number of aryl methyl sites for hydroxylation is 2. The second kappa shape index (κ2) is 7.95. The number of rotatable bonds is 4. The summed E-state index contributed by atoms with van der Waals surface area (Å²) < 4.78 is 5.97. The lowest BCUT2D eigenvalue weighted by atomic mass is 10.1. The van der Waals surface area contributed by atoms with Crippen LogP contribution in [-0.2, 0) is 0 Å². The van der Waals surface area contributed by atoms with Crippen molar-refractivity contribution < 1.29 is 4.74 Å². The molecular formula is C26H23N5O. The van der Waals surface area contributed by atoms with Crippen molar-refractivity contribution >= 4 is 22.4 Å². The number of pyridine rings is 1. The molecule has 0 amide bonds. The molecule has 1 aliphatic carbocycles. The molecule has 0 unspecified atom stereocenters. The molecule has 1 aliphatic rings. The Balaban J connectivity index is 1.40. The molecule has 0 radical (unpaired) electrons. The van der Waals surface area contributed by atoms with Crippen molar-refractivity contribution in [1.82, 2.24) is 15.0 Å². The predicted molar refractivity (Wildman–Crippen MR) is 126 cm³/mol. The van der Waals surface area contributed by atoms with Gasteiger partial charge in [-0.3, -0.25) is 4.98 Å². The van der Waals surface area contributed by atoms with E-state index in [2.05, 4.69) is 32.1 Å². The topological polar surface area (TPSA) is 86.0 Å². The molecule has 32 heavy (non-hydrogen) atoms. The SMILES string of the molecule is Cc1ccc(Oc2ccc(Nc3ncnc4ccc(C#CC5(N)CC5)cc34)cc2C)cn1. The van der Waals surface area contributed by atoms with Crippen LogP contribution in [0, 0.1) is 25.7 Å². The molecule has 6 heteroatoms. The molecule has 0 saturated heterocycles. The first-order valence-electron chi connectivity index (χ1n) is 10.5. The van der Waals surface area contributed by atoms with Crippen molar-refractivity contribution in [3.8, 4) is 23.3 Å². The van der Waals surface area contributed by atoms with E-state index in [0.29, 0.717) is 5.75 Å². The van der Waals surface area contributed by atoms with Crippen molar-refractivity contribution in [2.24, 2.45) is 5.73 Å². The van der Waals surface area contributed by atoms with E-state index >= 15 is 0 Å². The van der Waals surface area contributed by atoms with E-state index in [1.165, 1.54) is 0 Å². The first-order chi connectivity index (χ1) is 15.5. The van der Waals surface area contributed by atoms with Gasteiger partial charge in [-0.25, -0.2) is 9.97 Å². The molecule has 5 rings (SSSR count). The summed E-state index contributed by atoms with van der Waals surface area (Å²) >= 11 is 0. The Labute approximate surface area is 186 Å². The van der Waals surface area contributed by atoms with Crippen LogP contribution in [0.5, 0.6) is 11.5 Å². The van der Waals surface area contributed by atoms with Gasteiger partial charge in [-0.15, -0.1) is 0 Å². The fourth-order valence-electron chi connectivity index (χ4n) is 3.31. The van der Waals surface area contributed by atoms with Gasteiger partial charge in [0.2, 0.25) is 0 Å². The molecule has 3 N–H and O–H groups in total. The molecular weight excluding hydrogens is 398 g/mol. The van der Waals surface area contributed by atoms with E-state index in [1.54, 1.807) is 12.5 Å². The van der Waals surface area contributed by atoms with Gasteiger partial charge in [-0.2, -0.15) is 0 Å². The van der Waals surface area contributed by atoms with Crippen molar-refractivity contribution in [3.05, 3.63) is 77.9 Å². The number of fused-ring (bicyclic) bond motifs is 1. The monoisotopic (exact) mass is 421 g/mol. The van der Waals surface area contributed by atoms with Gasteiger partial charge in [0.15, 0.2) is 0 Å². The Hall–Kier alpha value is -3.95. The van der Waals surface area contributed by atoms with Crippen molar-refractivity contribution in [2.45, 2.75) is 32.2 Å². The maximum atomic E-state index is 6.10. The molecule has 2 aromatic heterocycles. The van der Waals surface area contributed by atoms with Gasteiger partial charge in [-0.05, 0) is 80.8 Å². The largest absolute Gasteiger partial charge is 0.455 e. The second-order valence-electron chi connectivity index (χ2n) is 8.20. The van der Waals surface area contributed by atoms with Gasteiger partial charge in [0.25, 0.3) is 0 Å². The number of anilines is 2. The van der Waals surface area contributed by atoms with Crippen LogP contribution in [0.3, 0.4) is 0 Å². The number of hydrogen-bond acceptors (Lipinski definition) is 6. The number of nitrogens with one attached hydrogen (secondary N) is 1. The highest BCUT2D eigenvalue weighted by atomic mass is 16.5. The maximum Gasteiger partial charge on any atom is 0.145 e. The Kier molecular flexibility index (Phi) is 4.96. The Morgan fingerprint density at radius 1 is 1.00 bits per heavy atom. The van der Waals surface area contributed by atoms with Gasteiger partial charge in [0.1, 0.15) is 23.6 Å².